The molecule has 3 nitrogen and oxygen atoms in total. The quantitative estimate of drug-likeness (QED) is 0.885. The standard InChI is InChI=1S/C16H28N2O/c1-11-9-10-13(14(19-8)12(11)2)15(17-5)16(3,4)18(6)7/h9-10,15,17H,1-8H3. The van der Waals surface area contributed by atoms with E-state index in [-0.39, 0.29) is 11.6 Å². The number of rotatable bonds is 5. The summed E-state index contributed by atoms with van der Waals surface area (Å²) >= 11 is 0. The molecule has 1 aromatic carbocycles. The molecule has 0 saturated heterocycles. The molecule has 0 aliphatic heterocycles. The molecule has 0 saturated carbocycles. The van der Waals surface area contributed by atoms with Crippen LogP contribution in [0.1, 0.15) is 36.6 Å². The Labute approximate surface area is 118 Å². The molecule has 0 aromatic heterocycles. The number of nitrogens with one attached hydrogen (secondary N) is 1. The Kier molecular flexibility index (Phi) is 4.99. The minimum Gasteiger partial charge on any atom is -0.496 e. The summed E-state index contributed by atoms with van der Waals surface area (Å²) in [6, 6.07) is 4.55. The Morgan fingerprint density at radius 2 is 1.79 bits per heavy atom. The monoisotopic (exact) mass is 264 g/mol. The smallest absolute Gasteiger partial charge is 0.126 e. The van der Waals surface area contributed by atoms with E-state index in [0.717, 1.165) is 5.75 Å². The summed E-state index contributed by atoms with van der Waals surface area (Å²) in [6.45, 7) is 8.71. The van der Waals surface area contributed by atoms with E-state index < -0.39 is 0 Å². The molecular weight excluding hydrogens is 236 g/mol. The molecule has 3 heteroatoms. The fourth-order valence-corrected chi connectivity index (χ4v) is 2.46. The second kappa shape index (κ2) is 5.93. The number of aryl methyl sites for hydroxylation is 1. The van der Waals surface area contributed by atoms with Crippen molar-refractivity contribution in [1.29, 1.82) is 0 Å². The third kappa shape index (κ3) is 2.93. The number of methoxy groups -OCH3 is 1. The van der Waals surface area contributed by atoms with Crippen LogP contribution in [0, 0.1) is 13.8 Å². The average molecular weight is 264 g/mol. The second-order valence-electron chi connectivity index (χ2n) is 5.90. The van der Waals surface area contributed by atoms with Gasteiger partial charge in [-0.05, 0) is 60.0 Å². The lowest BCUT2D eigenvalue weighted by Gasteiger charge is -2.41. The van der Waals surface area contributed by atoms with Gasteiger partial charge in [-0.15, -0.1) is 0 Å². The molecule has 0 heterocycles. The first-order valence-electron chi connectivity index (χ1n) is 6.76. The van der Waals surface area contributed by atoms with E-state index in [1.807, 2.05) is 7.05 Å². The summed E-state index contributed by atoms with van der Waals surface area (Å²) in [4.78, 5) is 2.24. The van der Waals surface area contributed by atoms with Crippen LogP contribution in [0.5, 0.6) is 5.75 Å². The van der Waals surface area contributed by atoms with Crippen molar-refractivity contribution in [2.75, 3.05) is 28.3 Å². The molecule has 0 spiro atoms. The van der Waals surface area contributed by atoms with Crippen molar-refractivity contribution >= 4 is 0 Å². The van der Waals surface area contributed by atoms with Crippen LogP contribution in [0.4, 0.5) is 0 Å². The molecule has 0 radical (unpaired) electrons. The summed E-state index contributed by atoms with van der Waals surface area (Å²) in [5.74, 6) is 0.995. The first-order chi connectivity index (χ1) is 8.77. The molecule has 108 valence electrons. The summed E-state index contributed by atoms with van der Waals surface area (Å²) in [5.41, 5.74) is 3.68. The third-order valence-electron chi connectivity index (χ3n) is 4.37. The maximum Gasteiger partial charge on any atom is 0.126 e. The zero-order valence-electron chi connectivity index (χ0n) is 13.6. The van der Waals surface area contributed by atoms with E-state index in [1.165, 1.54) is 16.7 Å². The highest BCUT2D eigenvalue weighted by molar-refractivity contribution is 5.47. The average Bonchev–Trinajstić information content (AvgIpc) is 2.34. The van der Waals surface area contributed by atoms with Gasteiger partial charge in [-0.3, -0.25) is 0 Å². The zero-order valence-corrected chi connectivity index (χ0v) is 13.6. The highest BCUT2D eigenvalue weighted by atomic mass is 16.5. The van der Waals surface area contributed by atoms with Gasteiger partial charge in [0.15, 0.2) is 0 Å². The second-order valence-corrected chi connectivity index (χ2v) is 5.90. The van der Waals surface area contributed by atoms with Crippen LogP contribution in [-0.4, -0.2) is 38.7 Å². The minimum absolute atomic E-state index is 0.0102. The van der Waals surface area contributed by atoms with E-state index in [9.17, 15) is 0 Å². The molecule has 0 bridgehead atoms. The summed E-state index contributed by atoms with van der Waals surface area (Å²) in [5, 5.41) is 3.44. The lowest BCUT2D eigenvalue weighted by Crippen LogP contribution is -2.48. The highest BCUT2D eigenvalue weighted by Gasteiger charge is 2.34. The molecule has 0 amide bonds. The van der Waals surface area contributed by atoms with Crippen molar-refractivity contribution in [3.8, 4) is 5.75 Å². The van der Waals surface area contributed by atoms with Gasteiger partial charge in [0, 0.05) is 11.1 Å². The van der Waals surface area contributed by atoms with Gasteiger partial charge in [-0.25, -0.2) is 0 Å². The van der Waals surface area contributed by atoms with Crippen LogP contribution in [0.15, 0.2) is 12.1 Å². The Bertz CT molecular complexity index is 439. The first-order valence-corrected chi connectivity index (χ1v) is 6.76. The van der Waals surface area contributed by atoms with Crippen LogP contribution in [0.2, 0.25) is 0 Å². The summed E-state index contributed by atoms with van der Waals surface area (Å²) < 4.78 is 5.66. The summed E-state index contributed by atoms with van der Waals surface area (Å²) in [7, 11) is 7.97. The van der Waals surface area contributed by atoms with Crippen LogP contribution < -0.4 is 10.1 Å². The van der Waals surface area contributed by atoms with Crippen LogP contribution in [-0.2, 0) is 0 Å². The number of likely N-dealkylation sites (N-methyl/N-ethyl adjacent to an activating group) is 2. The molecule has 19 heavy (non-hydrogen) atoms. The minimum atomic E-state index is -0.0102. The largest absolute Gasteiger partial charge is 0.496 e. The topological polar surface area (TPSA) is 24.5 Å². The van der Waals surface area contributed by atoms with Gasteiger partial charge in [-0.1, -0.05) is 12.1 Å². The van der Waals surface area contributed by atoms with E-state index in [2.05, 4.69) is 64.1 Å². The maximum atomic E-state index is 5.66. The molecular formula is C16H28N2O. The molecule has 0 aliphatic carbocycles. The SMILES string of the molecule is CNC(c1ccc(C)c(C)c1OC)C(C)(C)N(C)C. The Morgan fingerprint density at radius 3 is 2.21 bits per heavy atom. The van der Waals surface area contributed by atoms with Gasteiger partial charge >= 0.3 is 0 Å². The first kappa shape index (κ1) is 16.0. The van der Waals surface area contributed by atoms with Gasteiger partial charge in [0.1, 0.15) is 5.75 Å². The Hall–Kier alpha value is -1.06. The van der Waals surface area contributed by atoms with E-state index in [0.29, 0.717) is 0 Å². The number of hydrogen-bond acceptors (Lipinski definition) is 3. The zero-order chi connectivity index (χ0) is 14.8. The molecule has 0 aliphatic rings. The molecule has 1 N–H and O–H groups in total. The van der Waals surface area contributed by atoms with Crippen LogP contribution in [0.3, 0.4) is 0 Å². The molecule has 1 atom stereocenters. The summed E-state index contributed by atoms with van der Waals surface area (Å²) in [6.07, 6.45) is 0. The van der Waals surface area contributed by atoms with Gasteiger partial charge in [-0.2, -0.15) is 0 Å². The van der Waals surface area contributed by atoms with Crippen molar-refractivity contribution < 1.29 is 4.74 Å². The van der Waals surface area contributed by atoms with Crippen LogP contribution in [0.25, 0.3) is 0 Å². The van der Waals surface area contributed by atoms with Gasteiger partial charge in [0.05, 0.1) is 13.2 Å². The molecule has 1 aromatic rings. The number of nitrogens with zero attached hydrogens (tertiary/aromatic N) is 1. The predicted molar refractivity (Wildman–Crippen MR) is 82.0 cm³/mol. The molecule has 0 fully saturated rings. The predicted octanol–water partition coefficient (Wildman–Crippen LogP) is 2.91. The van der Waals surface area contributed by atoms with Crippen molar-refractivity contribution in [3.63, 3.8) is 0 Å². The number of benzene rings is 1. The van der Waals surface area contributed by atoms with Crippen molar-refractivity contribution in [2.45, 2.75) is 39.3 Å². The van der Waals surface area contributed by atoms with Crippen molar-refractivity contribution in [3.05, 3.63) is 28.8 Å². The van der Waals surface area contributed by atoms with Crippen LogP contribution >= 0.6 is 0 Å². The van der Waals surface area contributed by atoms with Gasteiger partial charge in [0.25, 0.3) is 0 Å². The maximum absolute atomic E-state index is 5.66. The van der Waals surface area contributed by atoms with E-state index >= 15 is 0 Å². The van der Waals surface area contributed by atoms with E-state index in [4.69, 9.17) is 4.74 Å². The number of hydrogen-bond donors (Lipinski definition) is 1. The van der Waals surface area contributed by atoms with Crippen molar-refractivity contribution in [2.24, 2.45) is 0 Å². The number of ether oxygens (including phenoxy) is 1. The fraction of sp³-hybridized carbons (Fsp3) is 0.625. The van der Waals surface area contributed by atoms with E-state index in [1.54, 1.807) is 7.11 Å². The highest BCUT2D eigenvalue weighted by Crippen LogP contribution is 2.37. The molecule has 1 rings (SSSR count). The van der Waals surface area contributed by atoms with Crippen molar-refractivity contribution in [1.82, 2.24) is 10.2 Å². The Balaban J connectivity index is 3.38. The fourth-order valence-electron chi connectivity index (χ4n) is 2.46. The lowest BCUT2D eigenvalue weighted by atomic mass is 9.85. The molecule has 1 unspecified atom stereocenters. The Morgan fingerprint density at radius 1 is 1.21 bits per heavy atom. The van der Waals surface area contributed by atoms with Gasteiger partial charge in [0.2, 0.25) is 0 Å². The third-order valence-corrected chi connectivity index (χ3v) is 4.37. The lowest BCUT2D eigenvalue weighted by molar-refractivity contribution is 0.141. The van der Waals surface area contributed by atoms with Gasteiger partial charge < -0.3 is 15.0 Å². The normalized spacial score (nSPS) is 13.7.